The van der Waals surface area contributed by atoms with E-state index in [9.17, 15) is 32.9 Å². The number of aromatic nitrogens is 2. The first-order valence-electron chi connectivity index (χ1n) is 10.8. The molecule has 196 valence electrons. The number of carbonyl (C=O) groups is 2. The molecule has 14 heteroatoms. The van der Waals surface area contributed by atoms with Crippen LogP contribution in [0.1, 0.15) is 51.9 Å². The molecule has 0 unspecified atom stereocenters. The van der Waals surface area contributed by atoms with Gasteiger partial charge < -0.3 is 10.6 Å². The third-order valence-corrected chi connectivity index (χ3v) is 5.72. The predicted molar refractivity (Wildman–Crippen MR) is 132 cm³/mol. The van der Waals surface area contributed by atoms with Crippen molar-refractivity contribution in [2.75, 3.05) is 11.9 Å². The van der Waals surface area contributed by atoms with Crippen molar-refractivity contribution in [2.24, 2.45) is 0 Å². The number of hydrogen-bond acceptors (Lipinski definition) is 5. The lowest BCUT2D eigenvalue weighted by Gasteiger charge is -2.15. The highest BCUT2D eigenvalue weighted by Crippen LogP contribution is 2.33. The number of nitro groups is 1. The third kappa shape index (κ3) is 6.38. The monoisotopic (exact) mass is 557 g/mol. The van der Waals surface area contributed by atoms with E-state index in [4.69, 9.17) is 23.2 Å². The number of hydrogen-bond donors (Lipinski definition) is 2. The van der Waals surface area contributed by atoms with Crippen LogP contribution in [0.4, 0.5) is 24.5 Å². The Balaban J connectivity index is 2.08. The molecule has 0 aliphatic heterocycles. The van der Waals surface area contributed by atoms with Crippen molar-refractivity contribution >= 4 is 46.4 Å². The molecule has 3 rings (SSSR count). The number of nitrogens with zero attached hydrogens (tertiary/aromatic N) is 3. The fourth-order valence-corrected chi connectivity index (χ4v) is 3.91. The van der Waals surface area contributed by atoms with E-state index < -0.39 is 40.0 Å². The number of nitrogens with one attached hydrogen (secondary N) is 2. The molecule has 0 fully saturated rings. The molecule has 2 N–H and O–H groups in total. The number of halogens is 5. The number of amides is 2. The smallest absolute Gasteiger partial charge is 0.352 e. The second-order valence-corrected chi connectivity index (χ2v) is 8.77. The Morgan fingerprint density at radius 1 is 1.14 bits per heavy atom. The van der Waals surface area contributed by atoms with Crippen molar-refractivity contribution < 1.29 is 27.7 Å². The molecule has 0 aliphatic rings. The molecular formula is C23H20Cl2F3N5O4. The van der Waals surface area contributed by atoms with Gasteiger partial charge in [-0.15, -0.1) is 0 Å². The van der Waals surface area contributed by atoms with Crippen molar-refractivity contribution in [3.8, 4) is 5.69 Å². The molecule has 0 radical (unpaired) electrons. The zero-order chi connectivity index (χ0) is 27.5. The maximum atomic E-state index is 13.5. The van der Waals surface area contributed by atoms with Crippen molar-refractivity contribution in [1.82, 2.24) is 15.1 Å². The number of benzene rings is 2. The maximum Gasteiger partial charge on any atom is 0.435 e. The van der Waals surface area contributed by atoms with Crippen molar-refractivity contribution in [3.63, 3.8) is 0 Å². The summed E-state index contributed by atoms with van der Waals surface area (Å²) in [5, 5.41) is 19.6. The number of aryl methyl sites for hydroxylation is 1. The highest BCUT2D eigenvalue weighted by atomic mass is 35.5. The van der Waals surface area contributed by atoms with Gasteiger partial charge >= 0.3 is 6.18 Å². The van der Waals surface area contributed by atoms with Crippen LogP contribution in [0.25, 0.3) is 5.69 Å². The first kappa shape index (κ1) is 27.9. The SMILES string of the molecule is CCCCNC(=O)c1cc(Cl)cc(C)c1NC(=O)c1cc(C(F)(F)F)nn1-c1ccc([N+](=O)[O-])cc1Cl. The topological polar surface area (TPSA) is 119 Å². The minimum atomic E-state index is -4.91. The summed E-state index contributed by atoms with van der Waals surface area (Å²) < 4.78 is 41.1. The molecule has 3 aromatic rings. The average molecular weight is 558 g/mol. The molecule has 0 spiro atoms. The molecule has 0 aliphatic carbocycles. The molecule has 0 bridgehead atoms. The molecule has 2 aromatic carbocycles. The van der Waals surface area contributed by atoms with Crippen LogP contribution in [0.5, 0.6) is 0 Å². The van der Waals surface area contributed by atoms with Crippen LogP contribution in [-0.2, 0) is 6.18 Å². The van der Waals surface area contributed by atoms with Crippen molar-refractivity contribution in [1.29, 1.82) is 0 Å². The van der Waals surface area contributed by atoms with Crippen LogP contribution in [-0.4, -0.2) is 33.1 Å². The predicted octanol–water partition coefficient (Wildman–Crippen LogP) is 6.20. The number of alkyl halides is 3. The van der Waals surface area contributed by atoms with E-state index in [1.54, 1.807) is 6.92 Å². The van der Waals surface area contributed by atoms with E-state index in [1.807, 2.05) is 6.92 Å². The highest BCUT2D eigenvalue weighted by molar-refractivity contribution is 6.32. The van der Waals surface area contributed by atoms with Gasteiger partial charge in [0.25, 0.3) is 17.5 Å². The fourth-order valence-electron chi connectivity index (χ4n) is 3.39. The summed E-state index contributed by atoms with van der Waals surface area (Å²) in [6.45, 7) is 3.88. The number of carbonyl (C=O) groups excluding carboxylic acids is 2. The van der Waals surface area contributed by atoms with Crippen LogP contribution in [0.3, 0.4) is 0 Å². The van der Waals surface area contributed by atoms with Crippen LogP contribution >= 0.6 is 23.2 Å². The second-order valence-electron chi connectivity index (χ2n) is 7.93. The van der Waals surface area contributed by atoms with Gasteiger partial charge in [0.05, 0.1) is 26.9 Å². The van der Waals surface area contributed by atoms with E-state index in [0.29, 0.717) is 29.3 Å². The Hall–Kier alpha value is -3.64. The normalized spacial score (nSPS) is 11.3. The number of unbranched alkanes of at least 4 members (excludes halogenated alkanes) is 1. The van der Waals surface area contributed by atoms with Crippen LogP contribution in [0.15, 0.2) is 36.4 Å². The summed E-state index contributed by atoms with van der Waals surface area (Å²) in [5.74, 6) is -1.57. The van der Waals surface area contributed by atoms with E-state index in [-0.39, 0.29) is 27.0 Å². The molecule has 0 atom stereocenters. The Morgan fingerprint density at radius 3 is 2.43 bits per heavy atom. The largest absolute Gasteiger partial charge is 0.435 e. The summed E-state index contributed by atoms with van der Waals surface area (Å²) in [5.41, 5.74) is -2.12. The summed E-state index contributed by atoms with van der Waals surface area (Å²) in [4.78, 5) is 36.3. The minimum absolute atomic E-state index is 0.0185. The maximum absolute atomic E-state index is 13.5. The Morgan fingerprint density at radius 2 is 1.84 bits per heavy atom. The molecule has 37 heavy (non-hydrogen) atoms. The summed E-state index contributed by atoms with van der Waals surface area (Å²) >= 11 is 12.2. The zero-order valence-electron chi connectivity index (χ0n) is 19.4. The van der Waals surface area contributed by atoms with E-state index >= 15 is 0 Å². The summed E-state index contributed by atoms with van der Waals surface area (Å²) in [6, 6.07) is 6.34. The first-order valence-corrected chi connectivity index (χ1v) is 11.6. The second kappa shape index (κ2) is 11.2. The van der Waals surface area contributed by atoms with Crippen molar-refractivity contribution in [2.45, 2.75) is 32.9 Å². The van der Waals surface area contributed by atoms with Crippen molar-refractivity contribution in [3.05, 3.63) is 79.1 Å². The fraction of sp³-hybridized carbons (Fsp3) is 0.261. The lowest BCUT2D eigenvalue weighted by molar-refractivity contribution is -0.384. The molecule has 9 nitrogen and oxygen atoms in total. The quantitative estimate of drug-likeness (QED) is 0.194. The van der Waals surface area contributed by atoms with Gasteiger partial charge in [0.1, 0.15) is 5.69 Å². The van der Waals surface area contributed by atoms with Gasteiger partial charge in [-0.1, -0.05) is 36.5 Å². The van der Waals surface area contributed by atoms with E-state index in [1.165, 1.54) is 12.1 Å². The summed E-state index contributed by atoms with van der Waals surface area (Å²) in [7, 11) is 0. The zero-order valence-corrected chi connectivity index (χ0v) is 21.0. The van der Waals surface area contributed by atoms with E-state index in [0.717, 1.165) is 24.6 Å². The minimum Gasteiger partial charge on any atom is -0.352 e. The van der Waals surface area contributed by atoms with Gasteiger partial charge in [-0.3, -0.25) is 19.7 Å². The van der Waals surface area contributed by atoms with Crippen LogP contribution in [0.2, 0.25) is 10.0 Å². The summed E-state index contributed by atoms with van der Waals surface area (Å²) in [6.07, 6.45) is -3.37. The number of rotatable bonds is 8. The Bertz CT molecular complexity index is 1380. The third-order valence-electron chi connectivity index (χ3n) is 5.20. The van der Waals surface area contributed by atoms with Gasteiger partial charge in [-0.2, -0.15) is 18.3 Å². The Labute approximate surface area is 218 Å². The van der Waals surface area contributed by atoms with Crippen LogP contribution in [0, 0.1) is 17.0 Å². The van der Waals surface area contributed by atoms with Crippen LogP contribution < -0.4 is 10.6 Å². The number of anilines is 1. The lowest BCUT2D eigenvalue weighted by atomic mass is 10.1. The highest BCUT2D eigenvalue weighted by Gasteiger charge is 2.36. The average Bonchev–Trinajstić information content (AvgIpc) is 3.26. The number of nitro benzene ring substituents is 1. The molecule has 1 heterocycles. The Kier molecular flexibility index (Phi) is 8.44. The van der Waals surface area contributed by atoms with Gasteiger partial charge in [0, 0.05) is 29.8 Å². The standard InChI is InChI=1S/C23H20Cl2F3N5O4/c1-3-4-7-29-21(34)15-9-13(24)8-12(2)20(15)30-22(35)18-11-19(23(26,27)28)31-32(18)17-6-5-14(33(36)37)10-16(17)25/h5-6,8-11H,3-4,7H2,1-2H3,(H,29,34)(H,30,35). The number of non-ortho nitro benzene ring substituents is 1. The van der Waals surface area contributed by atoms with Gasteiger partial charge in [-0.25, -0.2) is 4.68 Å². The molecular weight excluding hydrogens is 538 g/mol. The molecule has 0 saturated heterocycles. The van der Waals surface area contributed by atoms with Gasteiger partial charge in [0.2, 0.25) is 0 Å². The molecule has 0 saturated carbocycles. The lowest BCUT2D eigenvalue weighted by Crippen LogP contribution is -2.27. The first-order chi connectivity index (χ1) is 17.3. The van der Waals surface area contributed by atoms with E-state index in [2.05, 4.69) is 15.7 Å². The van der Waals surface area contributed by atoms with Gasteiger partial charge in [0.15, 0.2) is 5.69 Å². The molecule has 2 amide bonds. The van der Waals surface area contributed by atoms with Gasteiger partial charge in [-0.05, 0) is 37.1 Å². The molecule has 1 aromatic heterocycles.